The Labute approximate surface area is 190 Å². The Balaban J connectivity index is 1.39. The highest BCUT2D eigenvalue weighted by Gasteiger charge is 2.52. The van der Waals surface area contributed by atoms with Crippen molar-refractivity contribution in [3.63, 3.8) is 0 Å². The Kier molecular flexibility index (Phi) is 6.35. The molecular weight excluding hydrogens is 430 g/mol. The van der Waals surface area contributed by atoms with E-state index in [9.17, 15) is 14.4 Å². The topological polar surface area (TPSA) is 135 Å². The van der Waals surface area contributed by atoms with Gasteiger partial charge < -0.3 is 11.2 Å². The Morgan fingerprint density at radius 3 is 2.62 bits per heavy atom. The van der Waals surface area contributed by atoms with Crippen LogP contribution in [0.3, 0.4) is 0 Å². The maximum Gasteiger partial charge on any atom is 0.344 e. The van der Waals surface area contributed by atoms with Gasteiger partial charge in [-0.2, -0.15) is 5.01 Å². The molecule has 1 aliphatic heterocycles. The molecule has 32 heavy (non-hydrogen) atoms. The molecule has 2 aromatic rings. The van der Waals surface area contributed by atoms with Crippen LogP contribution in [-0.2, 0) is 15.1 Å². The van der Waals surface area contributed by atoms with Crippen molar-refractivity contribution in [2.24, 2.45) is 0 Å². The summed E-state index contributed by atoms with van der Waals surface area (Å²) in [4.78, 5) is 38.1. The van der Waals surface area contributed by atoms with Crippen LogP contribution in [0.4, 0.5) is 4.79 Å². The number of aromatic nitrogens is 3. The smallest absolute Gasteiger partial charge is 0.336 e. The minimum atomic E-state index is -1.20. The lowest BCUT2D eigenvalue weighted by atomic mass is 9.87. The molecule has 1 saturated heterocycles. The molecule has 1 saturated carbocycles. The number of rotatable bonds is 7. The number of nitrogens with one attached hydrogen (secondary N) is 2. The maximum absolute atomic E-state index is 13.1. The van der Waals surface area contributed by atoms with Crippen LogP contribution < -0.4 is 16.6 Å². The number of thioether (sulfide) groups is 1. The van der Waals surface area contributed by atoms with Crippen molar-refractivity contribution in [1.82, 2.24) is 30.6 Å². The van der Waals surface area contributed by atoms with E-state index in [0.29, 0.717) is 17.1 Å². The van der Waals surface area contributed by atoms with E-state index in [2.05, 4.69) is 20.9 Å². The third-order valence-corrected chi connectivity index (χ3v) is 7.06. The summed E-state index contributed by atoms with van der Waals surface area (Å²) in [5, 5.41) is 12.2. The summed E-state index contributed by atoms with van der Waals surface area (Å²) < 4.78 is 1.44. The zero-order valence-electron chi connectivity index (χ0n) is 17.9. The van der Waals surface area contributed by atoms with E-state index in [1.54, 1.807) is 24.3 Å². The van der Waals surface area contributed by atoms with Crippen molar-refractivity contribution >= 4 is 29.6 Å². The molecule has 170 valence electrons. The molecule has 4 amide bonds. The summed E-state index contributed by atoms with van der Waals surface area (Å²) in [6.45, 7) is 1.81. The molecule has 2 aliphatic rings. The van der Waals surface area contributed by atoms with Gasteiger partial charge in [-0.15, -0.1) is 10.2 Å². The predicted octanol–water partition coefficient (Wildman–Crippen LogP) is 2.02. The largest absolute Gasteiger partial charge is 0.344 e. The first-order valence-corrected chi connectivity index (χ1v) is 11.8. The minimum Gasteiger partial charge on any atom is -0.336 e. The lowest BCUT2D eigenvalue weighted by molar-refractivity contribution is -0.138. The van der Waals surface area contributed by atoms with E-state index in [-0.39, 0.29) is 11.7 Å². The fourth-order valence-corrected chi connectivity index (χ4v) is 5.01. The van der Waals surface area contributed by atoms with Crippen molar-refractivity contribution < 1.29 is 14.4 Å². The number of imide groups is 1. The fourth-order valence-electron chi connectivity index (χ4n) is 4.35. The summed E-state index contributed by atoms with van der Waals surface area (Å²) in [5.41, 5.74) is 1.87. The van der Waals surface area contributed by atoms with E-state index < -0.39 is 23.4 Å². The number of carbonyl (C=O) groups is 3. The van der Waals surface area contributed by atoms with Crippen molar-refractivity contribution in [2.45, 2.75) is 62.1 Å². The number of benzene rings is 1. The number of carbonyl (C=O) groups excluding carboxylic acids is 3. The maximum atomic E-state index is 13.1. The fraction of sp³-hybridized carbons (Fsp3) is 0.476. The highest BCUT2D eigenvalue weighted by atomic mass is 32.2. The first kappa shape index (κ1) is 22.1. The second-order valence-corrected chi connectivity index (χ2v) is 9.01. The van der Waals surface area contributed by atoms with Crippen LogP contribution >= 0.6 is 11.8 Å². The second kappa shape index (κ2) is 9.19. The molecule has 4 N–H and O–H groups in total. The van der Waals surface area contributed by atoms with Crippen LogP contribution in [0.25, 0.3) is 0 Å². The van der Waals surface area contributed by atoms with Gasteiger partial charge in [-0.25, -0.2) is 9.47 Å². The zero-order valence-corrected chi connectivity index (χ0v) is 18.7. The van der Waals surface area contributed by atoms with Gasteiger partial charge in [0.15, 0.2) is 5.82 Å². The summed E-state index contributed by atoms with van der Waals surface area (Å²) in [7, 11) is 0. The van der Waals surface area contributed by atoms with Gasteiger partial charge in [-0.1, -0.05) is 68.3 Å². The molecule has 0 spiro atoms. The quantitative estimate of drug-likeness (QED) is 0.329. The number of hydrazine groups is 1. The Hall–Kier alpha value is -3.08. The van der Waals surface area contributed by atoms with E-state index >= 15 is 0 Å². The molecule has 2 heterocycles. The monoisotopic (exact) mass is 457 g/mol. The van der Waals surface area contributed by atoms with Crippen LogP contribution in [0.2, 0.25) is 0 Å². The number of nitrogen functional groups attached to an aromatic ring is 1. The van der Waals surface area contributed by atoms with E-state index in [4.69, 9.17) is 5.84 Å². The van der Waals surface area contributed by atoms with Crippen molar-refractivity contribution in [1.29, 1.82) is 0 Å². The van der Waals surface area contributed by atoms with Gasteiger partial charge in [0.2, 0.25) is 11.1 Å². The number of urea groups is 1. The number of amides is 4. The number of nitrogens with two attached hydrogens (primary N) is 1. The summed E-state index contributed by atoms with van der Waals surface area (Å²) in [6, 6.07) is 8.33. The van der Waals surface area contributed by atoms with Gasteiger partial charge in [0, 0.05) is 5.92 Å². The molecule has 0 radical (unpaired) electrons. The summed E-state index contributed by atoms with van der Waals surface area (Å²) in [6.07, 6.45) is 5.94. The average Bonchev–Trinajstić information content (AvgIpc) is 3.31. The highest BCUT2D eigenvalue weighted by Crippen LogP contribution is 2.33. The predicted molar refractivity (Wildman–Crippen MR) is 119 cm³/mol. The highest BCUT2D eigenvalue weighted by molar-refractivity contribution is 7.99. The molecular formula is C21H27N7O3S. The van der Waals surface area contributed by atoms with Gasteiger partial charge in [0.05, 0.1) is 5.75 Å². The SMILES string of the molecule is CCC1(c2ccccc2)NC(=O)N(NC(=O)CSc2nnc(C3CCCCC3)n2N)C1=O. The summed E-state index contributed by atoms with van der Waals surface area (Å²) >= 11 is 1.11. The first-order valence-electron chi connectivity index (χ1n) is 10.8. The molecule has 1 aromatic carbocycles. The van der Waals surface area contributed by atoms with Gasteiger partial charge in [0.1, 0.15) is 5.54 Å². The first-order chi connectivity index (χ1) is 15.5. The normalized spacial score (nSPS) is 21.6. The van der Waals surface area contributed by atoms with E-state index in [1.165, 1.54) is 11.1 Å². The van der Waals surface area contributed by atoms with Crippen LogP contribution in [0, 0.1) is 0 Å². The minimum absolute atomic E-state index is 0.0679. The van der Waals surface area contributed by atoms with Gasteiger partial charge >= 0.3 is 6.03 Å². The van der Waals surface area contributed by atoms with Crippen LogP contribution in [0.1, 0.15) is 62.8 Å². The number of hydrogen-bond acceptors (Lipinski definition) is 7. The Morgan fingerprint density at radius 1 is 1.22 bits per heavy atom. The van der Waals surface area contributed by atoms with Crippen LogP contribution in [0.15, 0.2) is 35.5 Å². The molecule has 1 unspecified atom stereocenters. The average molecular weight is 458 g/mol. The zero-order chi connectivity index (χ0) is 22.7. The Morgan fingerprint density at radius 2 is 1.94 bits per heavy atom. The van der Waals surface area contributed by atoms with Crippen molar-refractivity contribution in [3.8, 4) is 0 Å². The van der Waals surface area contributed by atoms with E-state index in [1.807, 2.05) is 13.0 Å². The molecule has 11 heteroatoms. The molecule has 1 aliphatic carbocycles. The van der Waals surface area contributed by atoms with Crippen molar-refractivity contribution in [2.75, 3.05) is 11.6 Å². The lowest BCUT2D eigenvalue weighted by Gasteiger charge is -2.25. The third-order valence-electron chi connectivity index (χ3n) is 6.12. The second-order valence-electron chi connectivity index (χ2n) is 8.06. The number of hydrogen-bond donors (Lipinski definition) is 3. The van der Waals surface area contributed by atoms with Gasteiger partial charge in [0.25, 0.3) is 5.91 Å². The molecule has 1 aromatic heterocycles. The molecule has 10 nitrogen and oxygen atoms in total. The number of nitrogens with zero attached hydrogens (tertiary/aromatic N) is 4. The molecule has 0 bridgehead atoms. The van der Waals surface area contributed by atoms with Crippen LogP contribution in [-0.4, -0.2) is 43.5 Å². The van der Waals surface area contributed by atoms with E-state index in [0.717, 1.165) is 48.3 Å². The molecule has 1 atom stereocenters. The Bertz CT molecular complexity index is 1010. The van der Waals surface area contributed by atoms with Crippen molar-refractivity contribution in [3.05, 3.63) is 41.7 Å². The standard InChI is InChI=1S/C21H27N7O3S/c1-2-21(15-11-7-4-8-12-15)18(30)28(19(31)23-21)26-16(29)13-32-20-25-24-17(27(20)22)14-9-5-3-6-10-14/h4,7-8,11-12,14H,2-3,5-6,9-10,13,22H2,1H3,(H,23,31)(H,26,29). The third kappa shape index (κ3) is 4.04. The molecule has 2 fully saturated rings. The summed E-state index contributed by atoms with van der Waals surface area (Å²) in [5.74, 6) is 6.08. The van der Waals surface area contributed by atoms with Gasteiger partial charge in [-0.3, -0.25) is 15.0 Å². The van der Waals surface area contributed by atoms with Gasteiger partial charge in [-0.05, 0) is 24.8 Å². The molecule has 4 rings (SSSR count). The lowest BCUT2D eigenvalue weighted by Crippen LogP contribution is -2.49. The van der Waals surface area contributed by atoms with Crippen LogP contribution in [0.5, 0.6) is 0 Å².